The zero-order chi connectivity index (χ0) is 19.4. The lowest BCUT2D eigenvalue weighted by molar-refractivity contribution is 0.858. The van der Waals surface area contributed by atoms with E-state index < -0.39 is 0 Å². The summed E-state index contributed by atoms with van der Waals surface area (Å²) < 4.78 is 2.52. The van der Waals surface area contributed by atoms with Crippen LogP contribution in [0.4, 0.5) is 0 Å². The van der Waals surface area contributed by atoms with Crippen LogP contribution in [0.1, 0.15) is 29.2 Å². The highest BCUT2D eigenvalue weighted by atomic mass is 15.0. The van der Waals surface area contributed by atoms with Crippen LogP contribution in [0.15, 0.2) is 84.9 Å². The first-order chi connectivity index (χ1) is 14.3. The lowest BCUT2D eigenvalue weighted by atomic mass is 10.0. The largest absolute Gasteiger partial charge is 0.336 e. The molecule has 140 valence electrons. The van der Waals surface area contributed by atoms with Crippen molar-refractivity contribution in [3.63, 3.8) is 0 Å². The van der Waals surface area contributed by atoms with Crippen LogP contribution in [-0.4, -0.2) is 4.57 Å². The molecule has 29 heavy (non-hydrogen) atoms. The highest BCUT2D eigenvalue weighted by Gasteiger charge is 2.21. The van der Waals surface area contributed by atoms with E-state index in [1.165, 1.54) is 55.2 Å². The number of fused-ring (bicyclic) bond motifs is 6. The summed E-state index contributed by atoms with van der Waals surface area (Å²) in [5, 5.41) is 2.79. The lowest BCUT2D eigenvalue weighted by Crippen LogP contribution is -2.02. The van der Waals surface area contributed by atoms with Crippen molar-refractivity contribution in [3.8, 4) is 11.1 Å². The van der Waals surface area contributed by atoms with Gasteiger partial charge in [-0.05, 0) is 58.4 Å². The number of rotatable bonds is 3. The minimum Gasteiger partial charge on any atom is -0.336 e. The van der Waals surface area contributed by atoms with Gasteiger partial charge in [-0.25, -0.2) is 0 Å². The molecule has 1 nitrogen and oxygen atoms in total. The molecular weight excluding hydrogens is 350 g/mol. The summed E-state index contributed by atoms with van der Waals surface area (Å²) in [5.41, 5.74) is 11.3. The van der Waals surface area contributed by atoms with Gasteiger partial charge in [-0.15, -0.1) is 0 Å². The first-order valence-electron chi connectivity index (χ1n) is 10.5. The molecule has 1 heteroatoms. The Morgan fingerprint density at radius 1 is 0.690 bits per heavy atom. The molecule has 0 saturated heterocycles. The number of hydrogen-bond acceptors (Lipinski definition) is 0. The van der Waals surface area contributed by atoms with Gasteiger partial charge in [0.1, 0.15) is 0 Å². The Hall–Kier alpha value is -3.32. The monoisotopic (exact) mass is 373 g/mol. The van der Waals surface area contributed by atoms with E-state index in [0.29, 0.717) is 0 Å². The maximum absolute atomic E-state index is 2.52. The van der Waals surface area contributed by atoms with Crippen molar-refractivity contribution >= 4 is 21.8 Å². The molecule has 5 aromatic rings. The third kappa shape index (κ3) is 2.40. The molecule has 1 heterocycles. The van der Waals surface area contributed by atoms with Crippen LogP contribution >= 0.6 is 0 Å². The molecule has 0 unspecified atom stereocenters. The Morgan fingerprint density at radius 3 is 2.34 bits per heavy atom. The predicted octanol–water partition coefficient (Wildman–Crippen LogP) is 6.98. The normalized spacial score (nSPS) is 12.4. The van der Waals surface area contributed by atoms with Gasteiger partial charge < -0.3 is 4.57 Å². The maximum Gasteiger partial charge on any atom is 0.0497 e. The Morgan fingerprint density at radius 2 is 1.41 bits per heavy atom. The third-order valence-electron chi connectivity index (χ3n) is 6.54. The molecule has 1 aliphatic carbocycles. The Bertz CT molecular complexity index is 1390. The highest BCUT2D eigenvalue weighted by molar-refractivity contribution is 6.09. The zero-order valence-electron chi connectivity index (χ0n) is 16.7. The van der Waals surface area contributed by atoms with Gasteiger partial charge in [-0.1, -0.05) is 79.7 Å². The van der Waals surface area contributed by atoms with Crippen LogP contribution in [0.25, 0.3) is 32.9 Å². The smallest absolute Gasteiger partial charge is 0.0497 e. The van der Waals surface area contributed by atoms with Gasteiger partial charge in [0.2, 0.25) is 0 Å². The second-order valence-electron chi connectivity index (χ2n) is 8.05. The van der Waals surface area contributed by atoms with Crippen molar-refractivity contribution in [2.24, 2.45) is 0 Å². The lowest BCUT2D eigenvalue weighted by Gasteiger charge is -2.12. The molecule has 0 saturated carbocycles. The summed E-state index contributed by atoms with van der Waals surface area (Å²) in [7, 11) is 0. The van der Waals surface area contributed by atoms with Crippen molar-refractivity contribution in [1.82, 2.24) is 4.57 Å². The van der Waals surface area contributed by atoms with E-state index >= 15 is 0 Å². The van der Waals surface area contributed by atoms with Crippen molar-refractivity contribution in [2.45, 2.75) is 26.3 Å². The molecule has 4 aromatic carbocycles. The number of para-hydroxylation sites is 1. The number of nitrogens with zero attached hydrogens (tertiary/aromatic N) is 1. The van der Waals surface area contributed by atoms with Gasteiger partial charge in [0.05, 0.1) is 0 Å². The molecule has 0 bridgehead atoms. The number of aryl methyl sites for hydroxylation is 1. The Kier molecular flexibility index (Phi) is 3.64. The van der Waals surface area contributed by atoms with E-state index in [2.05, 4.69) is 96.4 Å². The van der Waals surface area contributed by atoms with E-state index in [-0.39, 0.29) is 0 Å². The average molecular weight is 373 g/mol. The van der Waals surface area contributed by atoms with Crippen LogP contribution in [0.3, 0.4) is 0 Å². The molecule has 6 rings (SSSR count). The fraction of sp³-hybridized carbons (Fsp3) is 0.143. The van der Waals surface area contributed by atoms with Crippen LogP contribution in [0, 0.1) is 0 Å². The molecule has 0 atom stereocenters. The van der Waals surface area contributed by atoms with Crippen LogP contribution in [0.5, 0.6) is 0 Å². The number of hydrogen-bond donors (Lipinski definition) is 0. The summed E-state index contributed by atoms with van der Waals surface area (Å²) in [4.78, 5) is 0. The van der Waals surface area contributed by atoms with Crippen molar-refractivity contribution < 1.29 is 0 Å². The van der Waals surface area contributed by atoms with Crippen LogP contribution < -0.4 is 0 Å². The van der Waals surface area contributed by atoms with Crippen molar-refractivity contribution in [2.75, 3.05) is 0 Å². The van der Waals surface area contributed by atoms with Crippen LogP contribution in [0.2, 0.25) is 0 Å². The van der Waals surface area contributed by atoms with E-state index in [9.17, 15) is 0 Å². The van der Waals surface area contributed by atoms with Gasteiger partial charge in [-0.2, -0.15) is 0 Å². The molecule has 0 amide bonds. The minimum atomic E-state index is 0.911. The highest BCUT2D eigenvalue weighted by Crippen LogP contribution is 2.39. The molecule has 0 fully saturated rings. The summed E-state index contributed by atoms with van der Waals surface area (Å²) in [5.74, 6) is 0. The quantitative estimate of drug-likeness (QED) is 0.315. The maximum atomic E-state index is 2.52. The Labute approximate surface area is 171 Å². The molecule has 1 aromatic heterocycles. The van der Waals surface area contributed by atoms with Gasteiger partial charge in [-0.3, -0.25) is 0 Å². The van der Waals surface area contributed by atoms with E-state index in [0.717, 1.165) is 19.4 Å². The summed E-state index contributed by atoms with van der Waals surface area (Å²) in [6.45, 7) is 3.16. The van der Waals surface area contributed by atoms with Gasteiger partial charge in [0, 0.05) is 28.4 Å². The molecule has 0 aliphatic heterocycles. The average Bonchev–Trinajstić information content (AvgIpc) is 3.31. The minimum absolute atomic E-state index is 0.911. The van der Waals surface area contributed by atoms with Crippen molar-refractivity contribution in [1.29, 1.82) is 0 Å². The topological polar surface area (TPSA) is 4.93 Å². The second-order valence-corrected chi connectivity index (χ2v) is 8.05. The van der Waals surface area contributed by atoms with Gasteiger partial charge in [0.15, 0.2) is 0 Å². The van der Waals surface area contributed by atoms with E-state index in [1.54, 1.807) is 0 Å². The Balaban J connectivity index is 1.57. The fourth-order valence-corrected chi connectivity index (χ4v) is 5.18. The fourth-order valence-electron chi connectivity index (χ4n) is 5.18. The molecule has 0 spiro atoms. The van der Waals surface area contributed by atoms with E-state index in [1.807, 2.05) is 0 Å². The van der Waals surface area contributed by atoms with Crippen molar-refractivity contribution in [3.05, 3.63) is 107 Å². The SMILES string of the molecule is CCc1cccc2c1c1ccccc1n2Cc1cccc2c1Cc1ccccc1-2. The summed E-state index contributed by atoms with van der Waals surface area (Å²) in [6.07, 6.45) is 2.10. The zero-order valence-corrected chi connectivity index (χ0v) is 16.7. The van der Waals surface area contributed by atoms with Crippen LogP contribution in [-0.2, 0) is 19.4 Å². The van der Waals surface area contributed by atoms with Gasteiger partial charge in [0.25, 0.3) is 0 Å². The second kappa shape index (κ2) is 6.35. The molecule has 1 aliphatic rings. The third-order valence-corrected chi connectivity index (χ3v) is 6.54. The first kappa shape index (κ1) is 16.6. The standard InChI is InChI=1S/C28H23N/c1-2-19-10-8-16-27-28(19)24-13-5-6-15-26(24)29(27)18-21-11-7-14-23-22-12-4-3-9-20(22)17-25(21)23/h3-16H,2,17-18H2,1H3. The summed E-state index contributed by atoms with van der Waals surface area (Å²) >= 11 is 0. The number of benzene rings is 4. The molecular formula is C28H23N. The molecule has 0 N–H and O–H groups in total. The summed E-state index contributed by atoms with van der Waals surface area (Å²) in [6, 6.07) is 31.3. The van der Waals surface area contributed by atoms with Gasteiger partial charge >= 0.3 is 0 Å². The number of aromatic nitrogens is 1. The first-order valence-corrected chi connectivity index (χ1v) is 10.5. The van der Waals surface area contributed by atoms with E-state index in [4.69, 9.17) is 0 Å². The predicted molar refractivity (Wildman–Crippen MR) is 123 cm³/mol. The molecule has 0 radical (unpaired) electrons.